The molecule has 1 aliphatic rings. The van der Waals surface area contributed by atoms with Crippen LogP contribution in [-0.4, -0.2) is 16.7 Å². The van der Waals surface area contributed by atoms with E-state index in [1.54, 1.807) is 6.92 Å². The van der Waals surface area contributed by atoms with E-state index in [1.807, 2.05) is 13.8 Å². The highest BCUT2D eigenvalue weighted by Gasteiger charge is 2.32. The quantitative estimate of drug-likeness (QED) is 0.751. The van der Waals surface area contributed by atoms with E-state index in [9.17, 15) is 18.0 Å². The van der Waals surface area contributed by atoms with Crippen molar-refractivity contribution in [1.82, 2.24) is 0 Å². The van der Waals surface area contributed by atoms with Crippen molar-refractivity contribution in [2.24, 2.45) is 0 Å². The van der Waals surface area contributed by atoms with Crippen LogP contribution >= 0.6 is 0 Å². The van der Waals surface area contributed by atoms with Crippen LogP contribution in [0, 0.1) is 17.5 Å². The molecule has 0 saturated heterocycles. The second-order valence-corrected chi connectivity index (χ2v) is 7.49. The molecule has 0 amide bonds. The van der Waals surface area contributed by atoms with Gasteiger partial charge in [0.25, 0.3) is 0 Å². The van der Waals surface area contributed by atoms with E-state index in [0.29, 0.717) is 23.3 Å². The highest BCUT2D eigenvalue weighted by molar-refractivity contribution is 5.76. The van der Waals surface area contributed by atoms with Crippen molar-refractivity contribution in [2.75, 3.05) is 0 Å². The Morgan fingerprint density at radius 2 is 1.86 bits per heavy atom. The van der Waals surface area contributed by atoms with Gasteiger partial charge in [0.15, 0.2) is 17.4 Å². The lowest BCUT2D eigenvalue weighted by molar-refractivity contribution is -0.138. The number of ether oxygens (including phenoxy) is 2. The molecule has 1 atom stereocenters. The molecule has 0 fully saturated rings. The molecule has 0 saturated carbocycles. The summed E-state index contributed by atoms with van der Waals surface area (Å²) in [6, 6.07) is 4.49. The number of carbonyl (C=O) groups is 1. The summed E-state index contributed by atoms with van der Waals surface area (Å²) in [4.78, 5) is 11.2. The second kappa shape index (κ2) is 7.37. The summed E-state index contributed by atoms with van der Waals surface area (Å²) >= 11 is 0. The summed E-state index contributed by atoms with van der Waals surface area (Å²) in [6.45, 7) is 5.05. The van der Waals surface area contributed by atoms with Crippen LogP contribution < -0.4 is 9.47 Å². The van der Waals surface area contributed by atoms with Gasteiger partial charge in [-0.15, -0.1) is 0 Å². The lowest BCUT2D eigenvalue weighted by Gasteiger charge is -2.18. The zero-order valence-electron chi connectivity index (χ0n) is 15.8. The first-order valence-electron chi connectivity index (χ1n) is 8.96. The third-order valence-electron chi connectivity index (χ3n) is 4.70. The molecule has 1 N–H and O–H groups in total. The van der Waals surface area contributed by atoms with Gasteiger partial charge >= 0.3 is 5.97 Å². The van der Waals surface area contributed by atoms with Gasteiger partial charge in [-0.05, 0) is 50.1 Å². The van der Waals surface area contributed by atoms with E-state index < -0.39 is 40.7 Å². The molecule has 150 valence electrons. The summed E-state index contributed by atoms with van der Waals surface area (Å²) in [5.74, 6) is -4.86. The number of carboxylic acids is 1. The summed E-state index contributed by atoms with van der Waals surface area (Å²) in [7, 11) is 0. The number of aliphatic carboxylic acids is 1. The number of hydrogen-bond acceptors (Lipinski definition) is 3. The highest BCUT2D eigenvalue weighted by atomic mass is 19.1. The Morgan fingerprint density at radius 3 is 2.43 bits per heavy atom. The maximum Gasteiger partial charge on any atom is 0.310 e. The summed E-state index contributed by atoms with van der Waals surface area (Å²) in [6.07, 6.45) is 0.703. The first-order chi connectivity index (χ1) is 13.1. The van der Waals surface area contributed by atoms with Crippen molar-refractivity contribution in [3.8, 4) is 11.5 Å². The molecule has 1 unspecified atom stereocenters. The van der Waals surface area contributed by atoms with Crippen molar-refractivity contribution >= 4 is 5.97 Å². The van der Waals surface area contributed by atoms with Crippen molar-refractivity contribution < 1.29 is 32.5 Å². The molecular formula is C21H21F3O4. The monoisotopic (exact) mass is 394 g/mol. The Balaban J connectivity index is 1.86. The van der Waals surface area contributed by atoms with Gasteiger partial charge in [0.2, 0.25) is 0 Å². The van der Waals surface area contributed by atoms with E-state index in [0.717, 1.165) is 12.1 Å². The minimum absolute atomic E-state index is 0.0223. The smallest absolute Gasteiger partial charge is 0.310 e. The van der Waals surface area contributed by atoms with Gasteiger partial charge in [-0.25, -0.2) is 13.2 Å². The molecule has 7 heteroatoms. The van der Waals surface area contributed by atoms with E-state index in [-0.39, 0.29) is 18.6 Å². The molecule has 0 bridgehead atoms. The molecule has 0 spiro atoms. The minimum atomic E-state index is -1.16. The first kappa shape index (κ1) is 20.0. The van der Waals surface area contributed by atoms with Crippen LogP contribution in [0.5, 0.6) is 11.5 Å². The fourth-order valence-electron chi connectivity index (χ4n) is 3.47. The lowest BCUT2D eigenvalue weighted by Crippen LogP contribution is -2.25. The molecule has 3 rings (SSSR count). The molecule has 0 aliphatic carbocycles. The summed E-state index contributed by atoms with van der Waals surface area (Å²) < 4.78 is 53.8. The maximum atomic E-state index is 14.4. The number of benzene rings is 2. The molecule has 2 aromatic carbocycles. The van der Waals surface area contributed by atoms with Crippen molar-refractivity contribution in [3.63, 3.8) is 0 Å². The molecule has 0 aromatic heterocycles. The van der Waals surface area contributed by atoms with Gasteiger partial charge in [0.05, 0.1) is 5.92 Å². The van der Waals surface area contributed by atoms with Gasteiger partial charge in [0, 0.05) is 17.5 Å². The molecule has 1 aliphatic heterocycles. The predicted molar refractivity (Wildman–Crippen MR) is 96.2 cm³/mol. The maximum absolute atomic E-state index is 14.4. The van der Waals surface area contributed by atoms with E-state index in [4.69, 9.17) is 14.6 Å². The SMILES string of the molecule is CCC(C(=O)O)c1cc(F)c(OCc2cc(F)cc3c2OC(C)(C)C3)c(F)c1. The van der Waals surface area contributed by atoms with Crippen LogP contribution in [0.15, 0.2) is 24.3 Å². The molecule has 28 heavy (non-hydrogen) atoms. The Hall–Kier alpha value is -2.70. The van der Waals surface area contributed by atoms with Crippen LogP contribution in [0.4, 0.5) is 13.2 Å². The molecule has 4 nitrogen and oxygen atoms in total. The Labute approximate surface area is 160 Å². The van der Waals surface area contributed by atoms with Crippen LogP contribution in [0.25, 0.3) is 0 Å². The van der Waals surface area contributed by atoms with Gasteiger partial charge < -0.3 is 14.6 Å². The van der Waals surface area contributed by atoms with Crippen molar-refractivity contribution in [2.45, 2.75) is 51.7 Å². The van der Waals surface area contributed by atoms with E-state index in [1.165, 1.54) is 12.1 Å². The van der Waals surface area contributed by atoms with E-state index >= 15 is 0 Å². The zero-order valence-corrected chi connectivity index (χ0v) is 15.8. The second-order valence-electron chi connectivity index (χ2n) is 7.49. The van der Waals surface area contributed by atoms with Gasteiger partial charge in [-0.1, -0.05) is 6.92 Å². The highest BCUT2D eigenvalue weighted by Crippen LogP contribution is 2.39. The van der Waals surface area contributed by atoms with Crippen LogP contribution in [-0.2, 0) is 17.8 Å². The predicted octanol–water partition coefficient (Wildman–Crippen LogP) is 4.97. The van der Waals surface area contributed by atoms with Gasteiger partial charge in [-0.3, -0.25) is 4.79 Å². The third-order valence-corrected chi connectivity index (χ3v) is 4.70. The molecular weight excluding hydrogens is 373 g/mol. The Morgan fingerprint density at radius 1 is 1.21 bits per heavy atom. The fourth-order valence-corrected chi connectivity index (χ4v) is 3.47. The largest absolute Gasteiger partial charge is 0.487 e. The normalized spacial score (nSPS) is 15.6. The number of halogens is 3. The van der Waals surface area contributed by atoms with Crippen molar-refractivity contribution in [1.29, 1.82) is 0 Å². The number of hydrogen-bond donors (Lipinski definition) is 1. The Bertz CT molecular complexity index is 901. The van der Waals surface area contributed by atoms with E-state index in [2.05, 4.69) is 0 Å². The van der Waals surface area contributed by atoms with Crippen LogP contribution in [0.3, 0.4) is 0 Å². The standard InChI is InChI=1S/C21H21F3O4/c1-4-15(20(25)26)11-7-16(23)19(17(24)8-11)27-10-13-6-14(22)5-12-9-21(2,3)28-18(12)13/h5-8,15H,4,9-10H2,1-3H3,(H,25,26). The summed E-state index contributed by atoms with van der Waals surface area (Å²) in [5.41, 5.74) is 0.538. The topological polar surface area (TPSA) is 55.8 Å². The zero-order chi connectivity index (χ0) is 20.6. The fraction of sp³-hybridized carbons (Fsp3) is 0.381. The number of rotatable bonds is 6. The average molecular weight is 394 g/mol. The van der Waals surface area contributed by atoms with Crippen LogP contribution in [0.1, 0.15) is 49.8 Å². The third kappa shape index (κ3) is 3.93. The molecule has 0 radical (unpaired) electrons. The lowest BCUT2D eigenvalue weighted by atomic mass is 9.96. The average Bonchev–Trinajstić information content (AvgIpc) is 2.88. The minimum Gasteiger partial charge on any atom is -0.487 e. The van der Waals surface area contributed by atoms with Crippen LogP contribution in [0.2, 0.25) is 0 Å². The molecule has 2 aromatic rings. The Kier molecular flexibility index (Phi) is 5.28. The van der Waals surface area contributed by atoms with Gasteiger partial charge in [-0.2, -0.15) is 0 Å². The van der Waals surface area contributed by atoms with Crippen molar-refractivity contribution in [3.05, 3.63) is 58.4 Å². The first-order valence-corrected chi connectivity index (χ1v) is 8.96. The van der Waals surface area contributed by atoms with Gasteiger partial charge in [0.1, 0.15) is 23.8 Å². The molecule has 1 heterocycles. The summed E-state index contributed by atoms with van der Waals surface area (Å²) in [5, 5.41) is 9.16. The number of fused-ring (bicyclic) bond motifs is 1. The number of carboxylic acid groups (broad SMARTS) is 1.